The lowest BCUT2D eigenvalue weighted by atomic mass is 10.1. The van der Waals surface area contributed by atoms with Crippen LogP contribution in [0.1, 0.15) is 46.6 Å². The largest absolute Gasteiger partial charge is 0.462 e. The van der Waals surface area contributed by atoms with Gasteiger partial charge in [0.05, 0.1) is 17.4 Å². The van der Waals surface area contributed by atoms with Crippen LogP contribution in [0.15, 0.2) is 30.3 Å². The van der Waals surface area contributed by atoms with E-state index < -0.39 is 0 Å². The molecule has 0 bridgehead atoms. The molecule has 26 heavy (non-hydrogen) atoms. The Bertz CT molecular complexity index is 786. The molecule has 4 nitrogen and oxygen atoms in total. The standard InChI is InChI=1S/C20H23NO3S2/c1-3-24-20(23)17-15-10-7-11-16(15)26-19(17)21-18(22)13(2)25-12-14-8-5-4-6-9-14/h4-6,8-9,13H,3,7,10-12H2,1-2H3,(H,21,22)/t13-/m0/s1. The van der Waals surface area contributed by atoms with Crippen LogP contribution in [-0.4, -0.2) is 23.7 Å². The van der Waals surface area contributed by atoms with Gasteiger partial charge in [-0.1, -0.05) is 30.3 Å². The van der Waals surface area contributed by atoms with Gasteiger partial charge in [-0.05, 0) is 44.2 Å². The van der Waals surface area contributed by atoms with Gasteiger partial charge in [0.15, 0.2) is 0 Å². The van der Waals surface area contributed by atoms with E-state index in [-0.39, 0.29) is 17.1 Å². The van der Waals surface area contributed by atoms with E-state index >= 15 is 0 Å². The van der Waals surface area contributed by atoms with Crippen molar-refractivity contribution in [3.63, 3.8) is 0 Å². The molecule has 3 rings (SSSR count). The summed E-state index contributed by atoms with van der Waals surface area (Å²) in [6.07, 6.45) is 2.92. The molecule has 0 unspecified atom stereocenters. The second-order valence-corrected chi connectivity index (χ2v) is 8.64. The molecule has 1 heterocycles. The number of ether oxygens (including phenoxy) is 1. The molecule has 1 aliphatic rings. The van der Waals surface area contributed by atoms with Crippen LogP contribution in [0.4, 0.5) is 5.00 Å². The maximum absolute atomic E-state index is 12.6. The molecule has 1 aliphatic carbocycles. The second kappa shape index (κ2) is 8.73. The molecule has 0 saturated carbocycles. The Morgan fingerprint density at radius 1 is 1.27 bits per heavy atom. The number of nitrogens with one attached hydrogen (secondary N) is 1. The number of hydrogen-bond acceptors (Lipinski definition) is 5. The number of amides is 1. The Balaban J connectivity index is 1.68. The number of esters is 1. The Hall–Kier alpha value is -1.79. The Morgan fingerprint density at radius 2 is 2.04 bits per heavy atom. The van der Waals surface area contributed by atoms with Crippen LogP contribution in [-0.2, 0) is 28.1 Å². The summed E-state index contributed by atoms with van der Waals surface area (Å²) in [4.78, 5) is 26.2. The summed E-state index contributed by atoms with van der Waals surface area (Å²) in [5.41, 5.74) is 2.82. The molecule has 0 fully saturated rings. The summed E-state index contributed by atoms with van der Waals surface area (Å²) in [6.45, 7) is 4.03. The molecular formula is C20H23NO3S2. The third-order valence-corrected chi connectivity index (χ3v) is 6.77. The Labute approximate surface area is 162 Å². The highest BCUT2D eigenvalue weighted by Crippen LogP contribution is 2.39. The topological polar surface area (TPSA) is 55.4 Å². The van der Waals surface area contributed by atoms with Gasteiger partial charge in [0.25, 0.3) is 0 Å². The number of thiophene rings is 1. The molecule has 0 saturated heterocycles. The molecule has 1 aromatic carbocycles. The van der Waals surface area contributed by atoms with Gasteiger partial charge in [-0.3, -0.25) is 4.79 Å². The van der Waals surface area contributed by atoms with Crippen molar-refractivity contribution >= 4 is 40.0 Å². The van der Waals surface area contributed by atoms with E-state index in [1.807, 2.05) is 25.1 Å². The number of fused-ring (bicyclic) bond motifs is 1. The van der Waals surface area contributed by atoms with Crippen molar-refractivity contribution in [1.29, 1.82) is 0 Å². The van der Waals surface area contributed by atoms with Crippen molar-refractivity contribution < 1.29 is 14.3 Å². The lowest BCUT2D eigenvalue weighted by Gasteiger charge is -2.13. The maximum atomic E-state index is 12.6. The van der Waals surface area contributed by atoms with Crippen molar-refractivity contribution in [2.75, 3.05) is 11.9 Å². The fourth-order valence-corrected chi connectivity index (χ4v) is 5.12. The van der Waals surface area contributed by atoms with Crippen LogP contribution >= 0.6 is 23.1 Å². The number of carbonyl (C=O) groups excluding carboxylic acids is 2. The number of carbonyl (C=O) groups is 2. The van der Waals surface area contributed by atoms with Gasteiger partial charge >= 0.3 is 5.97 Å². The van der Waals surface area contributed by atoms with Crippen LogP contribution in [0.5, 0.6) is 0 Å². The highest BCUT2D eigenvalue weighted by atomic mass is 32.2. The number of rotatable bonds is 7. The second-order valence-electron chi connectivity index (χ2n) is 6.21. The first-order valence-corrected chi connectivity index (χ1v) is 10.7. The van der Waals surface area contributed by atoms with Crippen molar-refractivity contribution in [2.24, 2.45) is 0 Å². The quantitative estimate of drug-likeness (QED) is 0.699. The van der Waals surface area contributed by atoms with Gasteiger partial charge in [0.2, 0.25) is 5.91 Å². The average molecular weight is 390 g/mol. The fourth-order valence-electron chi connectivity index (χ4n) is 3.00. The Kier molecular flexibility index (Phi) is 6.38. The van der Waals surface area contributed by atoms with Gasteiger partial charge in [-0.2, -0.15) is 0 Å². The first-order valence-electron chi connectivity index (χ1n) is 8.88. The molecule has 1 N–H and O–H groups in total. The van der Waals surface area contributed by atoms with Crippen LogP contribution in [0.3, 0.4) is 0 Å². The van der Waals surface area contributed by atoms with E-state index in [0.717, 1.165) is 30.6 Å². The lowest BCUT2D eigenvalue weighted by Crippen LogP contribution is -2.23. The normalized spacial score (nSPS) is 13.9. The molecule has 0 spiro atoms. The molecule has 0 radical (unpaired) electrons. The highest BCUT2D eigenvalue weighted by Gasteiger charge is 2.29. The first-order chi connectivity index (χ1) is 12.6. The SMILES string of the molecule is CCOC(=O)c1c(NC(=O)[C@H](C)SCc2ccccc2)sc2c1CCC2. The van der Waals surface area contributed by atoms with Crippen molar-refractivity contribution in [3.05, 3.63) is 51.9 Å². The van der Waals surface area contributed by atoms with E-state index in [1.54, 1.807) is 18.7 Å². The Morgan fingerprint density at radius 3 is 2.77 bits per heavy atom. The van der Waals surface area contributed by atoms with Gasteiger partial charge in [-0.15, -0.1) is 23.1 Å². The van der Waals surface area contributed by atoms with Crippen LogP contribution < -0.4 is 5.32 Å². The highest BCUT2D eigenvalue weighted by molar-refractivity contribution is 7.99. The molecule has 1 aromatic heterocycles. The van der Waals surface area contributed by atoms with E-state index in [9.17, 15) is 9.59 Å². The predicted octanol–water partition coefficient (Wildman–Crippen LogP) is 4.67. The number of anilines is 1. The van der Waals surface area contributed by atoms with E-state index in [2.05, 4.69) is 17.4 Å². The molecule has 1 amide bonds. The third kappa shape index (κ3) is 4.30. The van der Waals surface area contributed by atoms with E-state index in [0.29, 0.717) is 17.2 Å². The molecule has 6 heteroatoms. The van der Waals surface area contributed by atoms with E-state index in [4.69, 9.17) is 4.74 Å². The summed E-state index contributed by atoms with van der Waals surface area (Å²) in [7, 11) is 0. The van der Waals surface area contributed by atoms with Crippen LogP contribution in [0, 0.1) is 0 Å². The molecule has 2 aromatic rings. The van der Waals surface area contributed by atoms with Crippen LogP contribution in [0.2, 0.25) is 0 Å². The van der Waals surface area contributed by atoms with Gasteiger partial charge < -0.3 is 10.1 Å². The summed E-state index contributed by atoms with van der Waals surface area (Å²) < 4.78 is 5.21. The first kappa shape index (κ1) is 19.0. The van der Waals surface area contributed by atoms with E-state index in [1.165, 1.54) is 21.8 Å². The van der Waals surface area contributed by atoms with Crippen molar-refractivity contribution in [2.45, 2.75) is 44.1 Å². The molecule has 138 valence electrons. The zero-order valence-electron chi connectivity index (χ0n) is 15.0. The molecule has 1 atom stereocenters. The zero-order chi connectivity index (χ0) is 18.5. The predicted molar refractivity (Wildman–Crippen MR) is 108 cm³/mol. The smallest absolute Gasteiger partial charge is 0.341 e. The minimum Gasteiger partial charge on any atom is -0.462 e. The molecular weight excluding hydrogens is 366 g/mol. The summed E-state index contributed by atoms with van der Waals surface area (Å²) >= 11 is 3.11. The minimum absolute atomic E-state index is 0.0728. The summed E-state index contributed by atoms with van der Waals surface area (Å²) in [6, 6.07) is 10.1. The number of hydrogen-bond donors (Lipinski definition) is 1. The van der Waals surface area contributed by atoms with Crippen molar-refractivity contribution in [3.8, 4) is 0 Å². The van der Waals surface area contributed by atoms with Gasteiger partial charge in [-0.25, -0.2) is 4.79 Å². The monoisotopic (exact) mass is 389 g/mol. The average Bonchev–Trinajstić information content (AvgIpc) is 3.21. The lowest BCUT2D eigenvalue weighted by molar-refractivity contribution is -0.115. The van der Waals surface area contributed by atoms with Crippen molar-refractivity contribution in [1.82, 2.24) is 0 Å². The third-order valence-electron chi connectivity index (χ3n) is 4.35. The maximum Gasteiger partial charge on any atom is 0.341 e. The van der Waals surface area contributed by atoms with Crippen LogP contribution in [0.25, 0.3) is 0 Å². The molecule has 0 aliphatic heterocycles. The summed E-state index contributed by atoms with van der Waals surface area (Å²) in [5.74, 6) is 0.379. The number of thioether (sulfide) groups is 1. The summed E-state index contributed by atoms with van der Waals surface area (Å²) in [5, 5.41) is 3.41. The fraction of sp³-hybridized carbons (Fsp3) is 0.400. The zero-order valence-corrected chi connectivity index (χ0v) is 16.7. The number of benzene rings is 1. The number of aryl methyl sites for hydroxylation is 1. The van der Waals surface area contributed by atoms with Gasteiger partial charge in [0, 0.05) is 10.6 Å². The van der Waals surface area contributed by atoms with Gasteiger partial charge in [0.1, 0.15) is 5.00 Å². The minimum atomic E-state index is -0.327.